The predicted octanol–water partition coefficient (Wildman–Crippen LogP) is 2.94. The number of fused-ring (bicyclic) bond motifs is 3. The van der Waals surface area contributed by atoms with Crippen LogP contribution in [0, 0.1) is 5.41 Å². The van der Waals surface area contributed by atoms with E-state index in [-0.39, 0.29) is 41.6 Å². The number of amides is 1. The Morgan fingerprint density at radius 1 is 1.31 bits per heavy atom. The molecule has 3 aliphatic rings. The minimum atomic E-state index is -1.68. The van der Waals surface area contributed by atoms with Gasteiger partial charge in [-0.2, -0.15) is 0 Å². The Morgan fingerprint density at radius 2 is 2.03 bits per heavy atom. The number of halogens is 1. The van der Waals surface area contributed by atoms with E-state index in [2.05, 4.69) is 5.32 Å². The number of ether oxygens (including phenoxy) is 2. The fraction of sp³-hybridized carbons (Fsp3) is 0.381. The molecule has 3 N–H and O–H groups in total. The summed E-state index contributed by atoms with van der Waals surface area (Å²) in [5, 5.41) is 3.15. The van der Waals surface area contributed by atoms with Crippen molar-refractivity contribution in [1.29, 1.82) is 0 Å². The average Bonchev–Trinajstić information content (AvgIpc) is 2.89. The van der Waals surface area contributed by atoms with Crippen LogP contribution in [-0.2, 0) is 29.3 Å². The summed E-state index contributed by atoms with van der Waals surface area (Å²) in [6.07, 6.45) is 0.595. The third-order valence-electron chi connectivity index (χ3n) is 5.52. The highest BCUT2D eigenvalue weighted by Gasteiger charge is 2.61. The number of hydrogen-bond acceptors (Lipinski definition) is 6. The lowest BCUT2D eigenvalue weighted by Gasteiger charge is -2.41. The monoisotopic (exact) mass is 416 g/mol. The first-order valence-corrected chi connectivity index (χ1v) is 9.73. The van der Waals surface area contributed by atoms with Crippen LogP contribution in [0.2, 0.25) is 5.02 Å². The fourth-order valence-electron chi connectivity index (χ4n) is 4.39. The van der Waals surface area contributed by atoms with E-state index in [4.69, 9.17) is 26.8 Å². The molecule has 29 heavy (non-hydrogen) atoms. The maximum atomic E-state index is 13.4. The maximum absolute atomic E-state index is 13.4. The Labute approximate surface area is 172 Å². The van der Waals surface area contributed by atoms with Gasteiger partial charge < -0.3 is 20.5 Å². The normalized spacial score (nSPS) is 24.8. The summed E-state index contributed by atoms with van der Waals surface area (Å²) >= 11 is 6.21. The van der Waals surface area contributed by atoms with Crippen LogP contribution in [-0.4, -0.2) is 24.3 Å². The van der Waals surface area contributed by atoms with Crippen molar-refractivity contribution >= 4 is 34.9 Å². The summed E-state index contributed by atoms with van der Waals surface area (Å²) < 4.78 is 10.9. The Kier molecular flexibility index (Phi) is 4.27. The van der Waals surface area contributed by atoms with Crippen molar-refractivity contribution < 1.29 is 23.9 Å². The standard InChI is InChI=1S/C21H21ClN2O5/c1-4-28-18(26)16-17(23)21(11-7-10(22)5-6-12(11)24-19(21)27)15-13(25)8-20(2,3)9-14(15)29-16/h5-7H,4,8-9,23H2,1-3H3,(H,24,27)/t21-/m0/s1. The number of carbonyl (C=O) groups excluding carboxylic acids is 3. The molecule has 1 aliphatic carbocycles. The topological polar surface area (TPSA) is 108 Å². The van der Waals surface area contributed by atoms with E-state index in [1.165, 1.54) is 0 Å². The number of Topliss-reactive ketones (excluding diaryl/α,β-unsaturated/α-hetero) is 1. The Balaban J connectivity index is 2.05. The Bertz CT molecular complexity index is 1040. The molecule has 1 amide bonds. The third kappa shape index (κ3) is 2.68. The molecule has 0 unspecified atom stereocenters. The molecule has 0 saturated heterocycles. The van der Waals surface area contributed by atoms with Gasteiger partial charge in [0.15, 0.2) is 11.2 Å². The first kappa shape index (κ1) is 19.5. The molecule has 0 saturated carbocycles. The van der Waals surface area contributed by atoms with Crippen LogP contribution >= 0.6 is 11.6 Å². The maximum Gasteiger partial charge on any atom is 0.376 e. The van der Waals surface area contributed by atoms with Crippen LogP contribution in [0.25, 0.3) is 0 Å². The van der Waals surface area contributed by atoms with Crippen molar-refractivity contribution in [3.63, 3.8) is 0 Å². The molecule has 4 rings (SSSR count). The van der Waals surface area contributed by atoms with Gasteiger partial charge in [0, 0.05) is 29.1 Å². The zero-order valence-electron chi connectivity index (χ0n) is 16.3. The van der Waals surface area contributed by atoms with E-state index in [1.807, 2.05) is 13.8 Å². The van der Waals surface area contributed by atoms with Gasteiger partial charge in [-0.05, 0) is 30.5 Å². The van der Waals surface area contributed by atoms with E-state index in [1.54, 1.807) is 25.1 Å². The van der Waals surface area contributed by atoms with Crippen molar-refractivity contribution in [3.05, 3.63) is 51.6 Å². The summed E-state index contributed by atoms with van der Waals surface area (Å²) in [5.74, 6) is -1.54. The van der Waals surface area contributed by atoms with Gasteiger partial charge in [-0.1, -0.05) is 25.4 Å². The number of allylic oxidation sites excluding steroid dienone is 1. The highest BCUT2D eigenvalue weighted by molar-refractivity contribution is 6.31. The summed E-state index contributed by atoms with van der Waals surface area (Å²) in [6.45, 7) is 5.62. The average molecular weight is 417 g/mol. The number of ketones is 1. The number of hydrogen-bond donors (Lipinski definition) is 2. The molecule has 1 atom stereocenters. The first-order valence-electron chi connectivity index (χ1n) is 9.35. The number of nitrogens with one attached hydrogen (secondary N) is 1. The van der Waals surface area contributed by atoms with Gasteiger partial charge in [-0.15, -0.1) is 0 Å². The molecule has 152 valence electrons. The van der Waals surface area contributed by atoms with Gasteiger partial charge in [-0.3, -0.25) is 9.59 Å². The number of benzene rings is 1. The van der Waals surface area contributed by atoms with Crippen LogP contribution in [0.4, 0.5) is 5.69 Å². The van der Waals surface area contributed by atoms with E-state index in [0.29, 0.717) is 22.7 Å². The van der Waals surface area contributed by atoms with Crippen molar-refractivity contribution in [2.45, 2.75) is 39.0 Å². The van der Waals surface area contributed by atoms with E-state index in [9.17, 15) is 14.4 Å². The third-order valence-corrected chi connectivity index (χ3v) is 5.76. The number of anilines is 1. The van der Waals surface area contributed by atoms with Crippen LogP contribution in [0.3, 0.4) is 0 Å². The minimum absolute atomic E-state index is 0.108. The quantitative estimate of drug-likeness (QED) is 0.717. The molecule has 2 heterocycles. The summed E-state index contributed by atoms with van der Waals surface area (Å²) in [6, 6.07) is 4.87. The van der Waals surface area contributed by atoms with Gasteiger partial charge >= 0.3 is 5.97 Å². The molecule has 1 spiro atoms. The molecule has 8 heteroatoms. The number of esters is 1. The van der Waals surface area contributed by atoms with Gasteiger partial charge in [0.25, 0.3) is 0 Å². The second kappa shape index (κ2) is 6.35. The van der Waals surface area contributed by atoms with Gasteiger partial charge in [0.1, 0.15) is 5.76 Å². The highest BCUT2D eigenvalue weighted by atomic mass is 35.5. The molecule has 1 aromatic rings. The van der Waals surface area contributed by atoms with Crippen molar-refractivity contribution in [3.8, 4) is 0 Å². The zero-order chi connectivity index (χ0) is 21.1. The first-order chi connectivity index (χ1) is 13.6. The predicted molar refractivity (Wildman–Crippen MR) is 106 cm³/mol. The Hall–Kier alpha value is -2.80. The molecule has 7 nitrogen and oxygen atoms in total. The van der Waals surface area contributed by atoms with Crippen LogP contribution in [0.5, 0.6) is 0 Å². The fourth-order valence-corrected chi connectivity index (χ4v) is 4.56. The van der Waals surface area contributed by atoms with E-state index >= 15 is 0 Å². The van der Waals surface area contributed by atoms with Gasteiger partial charge in [-0.25, -0.2) is 4.79 Å². The second-order valence-electron chi connectivity index (χ2n) is 8.20. The summed E-state index contributed by atoms with van der Waals surface area (Å²) in [7, 11) is 0. The SMILES string of the molecule is CCOC(=O)C1=C(N)[C@@]2(C(=O)Nc3ccc(Cl)cc32)C2=C(CC(C)(C)CC2=O)O1. The van der Waals surface area contributed by atoms with Crippen LogP contribution < -0.4 is 11.1 Å². The minimum Gasteiger partial charge on any atom is -0.460 e. The van der Waals surface area contributed by atoms with E-state index < -0.39 is 22.7 Å². The molecule has 2 aliphatic heterocycles. The highest BCUT2D eigenvalue weighted by Crippen LogP contribution is 2.55. The lowest BCUT2D eigenvalue weighted by molar-refractivity contribution is -0.143. The van der Waals surface area contributed by atoms with Crippen LogP contribution in [0.15, 0.2) is 41.0 Å². The summed E-state index contributed by atoms with van der Waals surface area (Å²) in [5.41, 5.74) is 5.25. The molecular formula is C21H21ClN2O5. The molecular weight excluding hydrogens is 396 g/mol. The van der Waals surface area contributed by atoms with Gasteiger partial charge in [0.2, 0.25) is 11.7 Å². The van der Waals surface area contributed by atoms with Gasteiger partial charge in [0.05, 0.1) is 17.9 Å². The lowest BCUT2D eigenvalue weighted by Crippen LogP contribution is -2.50. The zero-order valence-corrected chi connectivity index (χ0v) is 17.1. The van der Waals surface area contributed by atoms with Crippen LogP contribution in [0.1, 0.15) is 39.2 Å². The molecule has 0 radical (unpaired) electrons. The Morgan fingerprint density at radius 3 is 2.72 bits per heavy atom. The largest absolute Gasteiger partial charge is 0.460 e. The van der Waals surface area contributed by atoms with E-state index in [0.717, 1.165) is 0 Å². The van der Waals surface area contributed by atoms with Crippen molar-refractivity contribution in [2.24, 2.45) is 11.1 Å². The molecule has 0 bridgehead atoms. The molecule has 0 aromatic heterocycles. The van der Waals surface area contributed by atoms with Crippen molar-refractivity contribution in [1.82, 2.24) is 0 Å². The number of nitrogens with two attached hydrogens (primary N) is 1. The second-order valence-corrected chi connectivity index (χ2v) is 8.63. The molecule has 0 fully saturated rings. The van der Waals surface area contributed by atoms with Crippen molar-refractivity contribution in [2.75, 3.05) is 11.9 Å². The summed E-state index contributed by atoms with van der Waals surface area (Å²) in [4.78, 5) is 39.2. The number of rotatable bonds is 2. The number of carbonyl (C=O) groups is 3. The smallest absolute Gasteiger partial charge is 0.376 e. The lowest BCUT2D eigenvalue weighted by atomic mass is 9.63. The molecule has 1 aromatic carbocycles.